The molecule has 0 amide bonds. The van der Waals surface area contributed by atoms with Gasteiger partial charge < -0.3 is 9.84 Å². The van der Waals surface area contributed by atoms with Gasteiger partial charge in [0.2, 0.25) is 0 Å². The fourth-order valence-corrected chi connectivity index (χ4v) is 3.89. The summed E-state index contributed by atoms with van der Waals surface area (Å²) in [6, 6.07) is 4.56. The summed E-state index contributed by atoms with van der Waals surface area (Å²) in [5.74, 6) is -0.0596. The summed E-state index contributed by atoms with van der Waals surface area (Å²) in [6.07, 6.45) is 5.46. The van der Waals surface area contributed by atoms with Gasteiger partial charge in [-0.05, 0) is 25.1 Å². The molecule has 10 heteroatoms. The SMILES string of the molecule is Cc1c(-c2cc(OC(CO)c3ccc(F)cn3)c3c(Cl)cnn3c2)nn2c1C=NCC2. The van der Waals surface area contributed by atoms with E-state index in [0.29, 0.717) is 35.1 Å². The van der Waals surface area contributed by atoms with Gasteiger partial charge in [0.15, 0.2) is 6.10 Å². The zero-order chi connectivity index (χ0) is 21.5. The topological polar surface area (TPSA) is 89.8 Å². The highest BCUT2D eigenvalue weighted by Crippen LogP contribution is 2.35. The number of ether oxygens (including phenoxy) is 1. The number of aliphatic imine (C=N–C) groups is 1. The molecule has 0 aliphatic carbocycles. The van der Waals surface area contributed by atoms with Crippen molar-refractivity contribution in [2.24, 2.45) is 4.99 Å². The first kappa shape index (κ1) is 19.7. The van der Waals surface area contributed by atoms with Crippen LogP contribution in [0.1, 0.15) is 23.1 Å². The average molecular weight is 441 g/mol. The zero-order valence-corrected chi connectivity index (χ0v) is 17.3. The molecule has 4 aromatic heterocycles. The number of aliphatic hydroxyl groups excluding tert-OH is 1. The van der Waals surface area contributed by atoms with Gasteiger partial charge in [0.05, 0.1) is 54.2 Å². The van der Waals surface area contributed by atoms with Crippen LogP contribution in [-0.4, -0.2) is 48.9 Å². The lowest BCUT2D eigenvalue weighted by molar-refractivity contribution is 0.114. The summed E-state index contributed by atoms with van der Waals surface area (Å²) in [5.41, 5.74) is 4.46. The van der Waals surface area contributed by atoms with Crippen molar-refractivity contribution in [3.05, 3.63) is 64.6 Å². The van der Waals surface area contributed by atoms with Gasteiger partial charge in [0, 0.05) is 23.5 Å². The lowest BCUT2D eigenvalue weighted by Gasteiger charge is -2.18. The number of hydrogen-bond donors (Lipinski definition) is 1. The van der Waals surface area contributed by atoms with Gasteiger partial charge in [-0.25, -0.2) is 8.91 Å². The largest absolute Gasteiger partial charge is 0.479 e. The number of hydrogen-bond acceptors (Lipinski definition) is 6. The molecule has 1 N–H and O–H groups in total. The Bertz CT molecular complexity index is 1300. The van der Waals surface area contributed by atoms with Gasteiger partial charge in [-0.3, -0.25) is 14.7 Å². The highest BCUT2D eigenvalue weighted by atomic mass is 35.5. The number of aliphatic hydroxyl groups is 1. The fraction of sp³-hybridized carbons (Fsp3) is 0.238. The first-order valence-electron chi connectivity index (χ1n) is 9.68. The molecular formula is C21H18ClFN6O2. The molecule has 5 heterocycles. The summed E-state index contributed by atoms with van der Waals surface area (Å²) in [7, 11) is 0. The number of fused-ring (bicyclic) bond motifs is 2. The fourth-order valence-electron chi connectivity index (χ4n) is 3.67. The summed E-state index contributed by atoms with van der Waals surface area (Å²) in [4.78, 5) is 8.37. The van der Waals surface area contributed by atoms with Crippen LogP contribution in [0.15, 0.2) is 41.8 Å². The van der Waals surface area contributed by atoms with E-state index < -0.39 is 11.9 Å². The van der Waals surface area contributed by atoms with Crippen molar-refractivity contribution >= 4 is 23.3 Å². The molecule has 0 spiro atoms. The molecule has 1 atom stereocenters. The van der Waals surface area contributed by atoms with Gasteiger partial charge >= 0.3 is 0 Å². The predicted molar refractivity (Wildman–Crippen MR) is 113 cm³/mol. The van der Waals surface area contributed by atoms with Crippen LogP contribution in [-0.2, 0) is 6.54 Å². The molecule has 5 rings (SSSR count). The second-order valence-corrected chi connectivity index (χ2v) is 7.59. The molecule has 1 aliphatic heterocycles. The van der Waals surface area contributed by atoms with Gasteiger partial charge in [-0.15, -0.1) is 0 Å². The third kappa shape index (κ3) is 3.45. The quantitative estimate of drug-likeness (QED) is 0.514. The number of halogens is 2. The molecule has 0 aromatic carbocycles. The maximum absolute atomic E-state index is 13.3. The van der Waals surface area contributed by atoms with Crippen LogP contribution in [0, 0.1) is 12.7 Å². The summed E-state index contributed by atoms with van der Waals surface area (Å²) in [5, 5.41) is 19.3. The summed E-state index contributed by atoms with van der Waals surface area (Å²) >= 11 is 6.36. The molecule has 0 fully saturated rings. The van der Waals surface area contributed by atoms with Crippen LogP contribution in [0.25, 0.3) is 16.8 Å². The maximum Gasteiger partial charge on any atom is 0.163 e. The standard InChI is InChI=1S/C21H18ClFN6O2/c1-12-17-9-24-4-5-28(17)27-20(12)13-6-18(21-15(22)8-26-29(21)10-13)31-19(11-30)16-3-2-14(23)7-25-16/h2-3,6-10,19,30H,4-5,11H2,1H3. The average Bonchev–Trinajstić information content (AvgIpc) is 3.33. The normalized spacial score (nSPS) is 14.1. The monoisotopic (exact) mass is 440 g/mol. The lowest BCUT2D eigenvalue weighted by atomic mass is 10.1. The Morgan fingerprint density at radius 3 is 2.94 bits per heavy atom. The minimum absolute atomic E-state index is 0.352. The lowest BCUT2D eigenvalue weighted by Crippen LogP contribution is -2.14. The third-order valence-corrected chi connectivity index (χ3v) is 5.49. The summed E-state index contributed by atoms with van der Waals surface area (Å²) < 4.78 is 22.9. The van der Waals surface area contributed by atoms with Crippen molar-refractivity contribution in [1.82, 2.24) is 24.4 Å². The molecule has 0 saturated carbocycles. The molecule has 0 radical (unpaired) electrons. The highest BCUT2D eigenvalue weighted by molar-refractivity contribution is 6.34. The molecular weight excluding hydrogens is 423 g/mol. The number of pyridine rings is 2. The van der Waals surface area contributed by atoms with E-state index in [1.54, 1.807) is 4.52 Å². The van der Waals surface area contributed by atoms with Gasteiger partial charge in [-0.2, -0.15) is 10.2 Å². The van der Waals surface area contributed by atoms with Crippen LogP contribution in [0.4, 0.5) is 4.39 Å². The van der Waals surface area contributed by atoms with Gasteiger partial charge in [0.1, 0.15) is 17.1 Å². The molecule has 0 bridgehead atoms. The molecule has 1 aliphatic rings. The van der Waals surface area contributed by atoms with Crippen molar-refractivity contribution < 1.29 is 14.2 Å². The molecule has 8 nitrogen and oxygen atoms in total. The van der Waals surface area contributed by atoms with Crippen LogP contribution < -0.4 is 4.74 Å². The van der Waals surface area contributed by atoms with Crippen molar-refractivity contribution in [2.75, 3.05) is 13.2 Å². The van der Waals surface area contributed by atoms with E-state index in [1.165, 1.54) is 18.3 Å². The van der Waals surface area contributed by atoms with E-state index in [9.17, 15) is 9.50 Å². The molecule has 31 heavy (non-hydrogen) atoms. The van der Waals surface area contributed by atoms with Crippen LogP contribution in [0.3, 0.4) is 0 Å². The minimum Gasteiger partial charge on any atom is -0.479 e. The summed E-state index contributed by atoms with van der Waals surface area (Å²) in [6.45, 7) is 3.05. The van der Waals surface area contributed by atoms with Crippen molar-refractivity contribution in [2.45, 2.75) is 19.6 Å². The van der Waals surface area contributed by atoms with Crippen LogP contribution in [0.2, 0.25) is 5.02 Å². The van der Waals surface area contributed by atoms with E-state index in [-0.39, 0.29) is 6.61 Å². The predicted octanol–water partition coefficient (Wildman–Crippen LogP) is 3.24. The van der Waals surface area contributed by atoms with E-state index in [4.69, 9.17) is 21.4 Å². The maximum atomic E-state index is 13.3. The Hall–Kier alpha value is -3.30. The van der Waals surface area contributed by atoms with Crippen molar-refractivity contribution in [3.8, 4) is 17.0 Å². The van der Waals surface area contributed by atoms with E-state index in [1.807, 2.05) is 30.1 Å². The Morgan fingerprint density at radius 1 is 1.32 bits per heavy atom. The second kappa shape index (κ2) is 7.75. The molecule has 0 saturated heterocycles. The van der Waals surface area contributed by atoms with Crippen molar-refractivity contribution in [3.63, 3.8) is 0 Å². The zero-order valence-electron chi connectivity index (χ0n) is 16.5. The van der Waals surface area contributed by atoms with Gasteiger partial charge in [-0.1, -0.05) is 11.6 Å². The van der Waals surface area contributed by atoms with E-state index >= 15 is 0 Å². The molecule has 4 aromatic rings. The Morgan fingerprint density at radius 2 is 2.19 bits per heavy atom. The number of nitrogens with zero attached hydrogens (tertiary/aromatic N) is 6. The Kier molecular flexibility index (Phi) is 4.91. The first-order chi connectivity index (χ1) is 15.0. The Balaban J connectivity index is 1.61. The third-order valence-electron chi connectivity index (χ3n) is 5.21. The molecule has 1 unspecified atom stereocenters. The number of aromatic nitrogens is 5. The van der Waals surface area contributed by atoms with Crippen LogP contribution >= 0.6 is 11.6 Å². The highest BCUT2D eigenvalue weighted by Gasteiger charge is 2.22. The smallest absolute Gasteiger partial charge is 0.163 e. The van der Waals surface area contributed by atoms with Crippen molar-refractivity contribution in [1.29, 1.82) is 0 Å². The van der Waals surface area contributed by atoms with E-state index in [0.717, 1.165) is 28.7 Å². The minimum atomic E-state index is -0.811. The Labute approximate surface area is 181 Å². The van der Waals surface area contributed by atoms with Gasteiger partial charge in [0.25, 0.3) is 0 Å². The second-order valence-electron chi connectivity index (χ2n) is 7.19. The van der Waals surface area contributed by atoms with E-state index in [2.05, 4.69) is 15.1 Å². The number of rotatable bonds is 5. The van der Waals surface area contributed by atoms with Crippen LogP contribution in [0.5, 0.6) is 5.75 Å². The first-order valence-corrected chi connectivity index (χ1v) is 10.1. The molecule has 158 valence electrons.